The first kappa shape index (κ1) is 18.8. The first-order chi connectivity index (χ1) is 14.0. The standard InChI is InChI=1S/C22H17ClN4O2/c1-13-10-18-20(22(28)27(13)12-16-4-2-3-9-26-16)19(17(11-24)21(25)29-18)14-5-7-15(23)8-6-14/h2-10,19H,12,25H2,1H3/t19-/m0/s1. The van der Waals surface area contributed by atoms with Crippen molar-refractivity contribution in [2.45, 2.75) is 19.4 Å². The van der Waals surface area contributed by atoms with Gasteiger partial charge in [0.05, 0.1) is 23.7 Å². The molecule has 1 atom stereocenters. The number of hydrogen-bond acceptors (Lipinski definition) is 5. The van der Waals surface area contributed by atoms with Crippen LogP contribution in [-0.4, -0.2) is 9.55 Å². The van der Waals surface area contributed by atoms with Gasteiger partial charge in [0.2, 0.25) is 5.88 Å². The van der Waals surface area contributed by atoms with Crippen molar-refractivity contribution in [2.75, 3.05) is 0 Å². The summed E-state index contributed by atoms with van der Waals surface area (Å²) in [7, 11) is 0. The maximum Gasteiger partial charge on any atom is 0.259 e. The molecular formula is C22H17ClN4O2. The number of nitrogens with two attached hydrogens (primary N) is 1. The molecule has 0 amide bonds. The minimum absolute atomic E-state index is 0.00114. The molecule has 0 bridgehead atoms. The van der Waals surface area contributed by atoms with Crippen LogP contribution in [0.25, 0.3) is 0 Å². The van der Waals surface area contributed by atoms with Gasteiger partial charge in [0.25, 0.3) is 5.56 Å². The summed E-state index contributed by atoms with van der Waals surface area (Å²) >= 11 is 6.02. The van der Waals surface area contributed by atoms with E-state index in [1.165, 1.54) is 0 Å². The predicted molar refractivity (Wildman–Crippen MR) is 110 cm³/mol. The Morgan fingerprint density at radius 3 is 2.69 bits per heavy atom. The van der Waals surface area contributed by atoms with Gasteiger partial charge in [0, 0.05) is 23.0 Å². The average molecular weight is 405 g/mol. The van der Waals surface area contributed by atoms with Crippen LogP contribution in [0.1, 0.15) is 28.4 Å². The van der Waals surface area contributed by atoms with Gasteiger partial charge in [0.15, 0.2) is 0 Å². The number of allylic oxidation sites excluding steroid dienone is 1. The van der Waals surface area contributed by atoms with E-state index in [0.29, 0.717) is 28.6 Å². The second-order valence-electron chi connectivity index (χ2n) is 6.75. The van der Waals surface area contributed by atoms with E-state index in [2.05, 4.69) is 11.1 Å². The Kier molecular flexibility index (Phi) is 4.83. The number of rotatable bonds is 3. The molecule has 6 nitrogen and oxygen atoms in total. The van der Waals surface area contributed by atoms with E-state index >= 15 is 0 Å². The fourth-order valence-electron chi connectivity index (χ4n) is 3.52. The van der Waals surface area contributed by atoms with Crippen molar-refractivity contribution in [3.05, 3.63) is 104 Å². The summed E-state index contributed by atoms with van der Waals surface area (Å²) in [5.41, 5.74) is 8.55. The molecular weight excluding hydrogens is 388 g/mol. The van der Waals surface area contributed by atoms with E-state index in [9.17, 15) is 10.1 Å². The Morgan fingerprint density at radius 1 is 1.28 bits per heavy atom. The van der Waals surface area contributed by atoms with Crippen LogP contribution in [0.3, 0.4) is 0 Å². The number of ether oxygens (including phenoxy) is 1. The number of aryl methyl sites for hydroxylation is 1. The lowest BCUT2D eigenvalue weighted by atomic mass is 9.84. The quantitative estimate of drug-likeness (QED) is 0.721. The fourth-order valence-corrected chi connectivity index (χ4v) is 3.65. The first-order valence-corrected chi connectivity index (χ1v) is 9.34. The zero-order chi connectivity index (χ0) is 20.5. The highest BCUT2D eigenvalue weighted by Crippen LogP contribution is 2.40. The Morgan fingerprint density at radius 2 is 2.03 bits per heavy atom. The molecule has 2 aromatic heterocycles. The number of hydrogen-bond donors (Lipinski definition) is 1. The summed E-state index contributed by atoms with van der Waals surface area (Å²) in [4.78, 5) is 17.8. The lowest BCUT2D eigenvalue weighted by Gasteiger charge is -2.27. The molecule has 1 aromatic carbocycles. The Labute approximate surface area is 172 Å². The van der Waals surface area contributed by atoms with Crippen LogP contribution in [0, 0.1) is 18.3 Å². The van der Waals surface area contributed by atoms with Crippen molar-refractivity contribution < 1.29 is 4.74 Å². The molecule has 0 saturated carbocycles. The van der Waals surface area contributed by atoms with Crippen LogP contribution < -0.4 is 16.0 Å². The monoisotopic (exact) mass is 404 g/mol. The molecule has 4 rings (SSSR count). The molecule has 1 aliphatic heterocycles. The molecule has 2 N–H and O–H groups in total. The van der Waals surface area contributed by atoms with Crippen molar-refractivity contribution in [1.29, 1.82) is 5.26 Å². The van der Waals surface area contributed by atoms with Crippen LogP contribution in [-0.2, 0) is 6.54 Å². The lowest BCUT2D eigenvalue weighted by molar-refractivity contribution is 0.389. The lowest BCUT2D eigenvalue weighted by Crippen LogP contribution is -2.33. The van der Waals surface area contributed by atoms with Gasteiger partial charge in [-0.1, -0.05) is 29.8 Å². The SMILES string of the molecule is Cc1cc2c(c(=O)n1Cc1ccccn1)[C@@H](c1ccc(Cl)cc1)C(C#N)=C(N)O2. The predicted octanol–water partition coefficient (Wildman–Crippen LogP) is 3.47. The second kappa shape index (κ2) is 7.46. The van der Waals surface area contributed by atoms with Crippen LogP contribution in [0.5, 0.6) is 5.75 Å². The number of benzene rings is 1. The number of nitrogens with zero attached hydrogens (tertiary/aromatic N) is 3. The number of pyridine rings is 2. The molecule has 3 heterocycles. The summed E-state index contributed by atoms with van der Waals surface area (Å²) in [5.74, 6) is -0.272. The smallest absolute Gasteiger partial charge is 0.259 e. The van der Waals surface area contributed by atoms with Gasteiger partial charge in [-0.3, -0.25) is 9.78 Å². The average Bonchev–Trinajstić information content (AvgIpc) is 2.71. The minimum Gasteiger partial charge on any atom is -0.440 e. The molecule has 0 spiro atoms. The first-order valence-electron chi connectivity index (χ1n) is 8.97. The van der Waals surface area contributed by atoms with Gasteiger partial charge in [-0.15, -0.1) is 0 Å². The summed E-state index contributed by atoms with van der Waals surface area (Å²) in [5, 5.41) is 10.3. The molecule has 29 heavy (non-hydrogen) atoms. The van der Waals surface area contributed by atoms with Gasteiger partial charge >= 0.3 is 0 Å². The van der Waals surface area contributed by atoms with Crippen LogP contribution in [0.15, 0.2) is 71.0 Å². The number of halogens is 1. The van der Waals surface area contributed by atoms with Gasteiger partial charge in [0.1, 0.15) is 17.4 Å². The molecule has 0 radical (unpaired) electrons. The van der Waals surface area contributed by atoms with Crippen LogP contribution in [0.4, 0.5) is 0 Å². The normalized spacial score (nSPS) is 15.4. The molecule has 144 valence electrons. The third-order valence-electron chi connectivity index (χ3n) is 4.94. The summed E-state index contributed by atoms with van der Waals surface area (Å²) in [6.45, 7) is 2.14. The van der Waals surface area contributed by atoms with Crippen molar-refractivity contribution in [3.63, 3.8) is 0 Å². The number of fused-ring (bicyclic) bond motifs is 1. The highest BCUT2D eigenvalue weighted by atomic mass is 35.5. The highest BCUT2D eigenvalue weighted by Gasteiger charge is 2.34. The van der Waals surface area contributed by atoms with Crippen LogP contribution >= 0.6 is 11.6 Å². The van der Waals surface area contributed by atoms with E-state index in [1.54, 1.807) is 41.1 Å². The van der Waals surface area contributed by atoms with Gasteiger partial charge in [-0.25, -0.2) is 0 Å². The van der Waals surface area contributed by atoms with E-state index in [0.717, 1.165) is 11.3 Å². The number of nitriles is 1. The van der Waals surface area contributed by atoms with E-state index in [1.807, 2.05) is 25.1 Å². The van der Waals surface area contributed by atoms with Crippen molar-refractivity contribution >= 4 is 11.6 Å². The minimum atomic E-state index is -0.635. The Bertz CT molecular complexity index is 1210. The molecule has 3 aromatic rings. The summed E-state index contributed by atoms with van der Waals surface area (Å²) in [6.07, 6.45) is 1.69. The molecule has 0 saturated heterocycles. The third kappa shape index (κ3) is 3.37. The zero-order valence-electron chi connectivity index (χ0n) is 15.6. The van der Waals surface area contributed by atoms with Gasteiger partial charge in [-0.2, -0.15) is 5.26 Å². The largest absolute Gasteiger partial charge is 0.440 e. The van der Waals surface area contributed by atoms with Crippen molar-refractivity contribution in [1.82, 2.24) is 9.55 Å². The molecule has 0 fully saturated rings. The maximum absolute atomic E-state index is 13.5. The zero-order valence-corrected chi connectivity index (χ0v) is 16.3. The second-order valence-corrected chi connectivity index (χ2v) is 7.19. The topological polar surface area (TPSA) is 93.9 Å². The van der Waals surface area contributed by atoms with E-state index in [4.69, 9.17) is 22.1 Å². The van der Waals surface area contributed by atoms with Crippen molar-refractivity contribution in [3.8, 4) is 11.8 Å². The molecule has 0 aliphatic carbocycles. The fraction of sp³-hybridized carbons (Fsp3) is 0.136. The van der Waals surface area contributed by atoms with E-state index < -0.39 is 5.92 Å². The summed E-state index contributed by atoms with van der Waals surface area (Å²) < 4.78 is 7.29. The van der Waals surface area contributed by atoms with Gasteiger partial charge < -0.3 is 15.0 Å². The van der Waals surface area contributed by atoms with Crippen LogP contribution in [0.2, 0.25) is 5.02 Å². The maximum atomic E-state index is 13.5. The van der Waals surface area contributed by atoms with E-state index in [-0.39, 0.29) is 17.0 Å². The summed E-state index contributed by atoms with van der Waals surface area (Å²) in [6, 6.07) is 16.4. The van der Waals surface area contributed by atoms with Crippen molar-refractivity contribution in [2.24, 2.45) is 5.73 Å². The highest BCUT2D eigenvalue weighted by molar-refractivity contribution is 6.30. The van der Waals surface area contributed by atoms with Gasteiger partial charge in [-0.05, 0) is 36.8 Å². The molecule has 7 heteroatoms. The molecule has 0 unspecified atom stereocenters. The Hall–Kier alpha value is -3.56. The third-order valence-corrected chi connectivity index (χ3v) is 5.19. The molecule has 1 aliphatic rings. The Balaban J connectivity index is 1.92. The number of aromatic nitrogens is 2.